The first-order chi connectivity index (χ1) is 15.8. The number of nitrogens with zero attached hydrogens (tertiary/aromatic N) is 1. The summed E-state index contributed by atoms with van der Waals surface area (Å²) in [6.45, 7) is 1.66. The van der Waals surface area contributed by atoms with Gasteiger partial charge in [0.15, 0.2) is 0 Å². The van der Waals surface area contributed by atoms with E-state index < -0.39 is 43.7 Å². The zero-order valence-electron chi connectivity index (χ0n) is 17.7. The molecule has 0 aliphatic rings. The molecule has 0 saturated carbocycles. The molecule has 3 rings (SSSR count). The molecule has 6 nitrogen and oxygen atoms in total. The topological polar surface area (TPSA) is 85.4 Å². The summed E-state index contributed by atoms with van der Waals surface area (Å²) in [5, 5.41) is -0.485. The Morgan fingerprint density at radius 2 is 1.76 bits per heavy atom. The van der Waals surface area contributed by atoms with E-state index in [1.165, 1.54) is 31.5 Å². The second-order valence-corrected chi connectivity index (χ2v) is 9.66. The van der Waals surface area contributed by atoms with Crippen LogP contribution in [0.3, 0.4) is 0 Å². The van der Waals surface area contributed by atoms with Crippen molar-refractivity contribution < 1.29 is 31.1 Å². The number of aryl methyl sites for hydroxylation is 1. The number of nitrogens with one attached hydrogen (secondary N) is 1. The van der Waals surface area contributed by atoms with E-state index >= 15 is 0 Å². The number of carbonyl (C=O) groups is 1. The molecule has 0 saturated heterocycles. The molecular formula is C22H17Cl2F3N2O4S. The van der Waals surface area contributed by atoms with Crippen LogP contribution >= 0.6 is 23.2 Å². The summed E-state index contributed by atoms with van der Waals surface area (Å²) in [6, 6.07) is 9.89. The van der Waals surface area contributed by atoms with E-state index in [-0.39, 0.29) is 21.8 Å². The van der Waals surface area contributed by atoms with Crippen molar-refractivity contribution in [1.29, 1.82) is 0 Å². The largest absolute Gasteiger partial charge is 0.417 e. The molecular weight excluding hydrogens is 516 g/mol. The third-order valence-corrected chi connectivity index (χ3v) is 6.78. The van der Waals surface area contributed by atoms with E-state index in [0.717, 1.165) is 12.1 Å². The van der Waals surface area contributed by atoms with Gasteiger partial charge in [0.1, 0.15) is 11.9 Å². The zero-order valence-corrected chi connectivity index (χ0v) is 20.0. The number of halogens is 5. The van der Waals surface area contributed by atoms with Crippen LogP contribution < -0.4 is 4.72 Å². The number of aromatic nitrogens is 1. The number of alkyl halides is 3. The number of benzene rings is 2. The first-order valence-electron chi connectivity index (χ1n) is 9.53. The molecule has 1 heterocycles. The smallest absolute Gasteiger partial charge is 0.361 e. The minimum absolute atomic E-state index is 0.0565. The van der Waals surface area contributed by atoms with E-state index in [1.807, 2.05) is 0 Å². The van der Waals surface area contributed by atoms with Crippen molar-refractivity contribution >= 4 is 39.0 Å². The predicted molar refractivity (Wildman–Crippen MR) is 120 cm³/mol. The van der Waals surface area contributed by atoms with Crippen LogP contribution in [0.25, 0.3) is 0 Å². The summed E-state index contributed by atoms with van der Waals surface area (Å²) in [5.41, 5.74) is -0.677. The van der Waals surface area contributed by atoms with E-state index in [9.17, 15) is 26.4 Å². The van der Waals surface area contributed by atoms with Gasteiger partial charge in [0.25, 0.3) is 0 Å². The number of pyridine rings is 1. The average Bonchev–Trinajstić information content (AvgIpc) is 2.76. The molecule has 180 valence electrons. The van der Waals surface area contributed by atoms with Gasteiger partial charge in [-0.1, -0.05) is 35.3 Å². The quantitative estimate of drug-likeness (QED) is 0.317. The van der Waals surface area contributed by atoms with Crippen molar-refractivity contribution in [1.82, 2.24) is 9.71 Å². The van der Waals surface area contributed by atoms with Crippen LogP contribution in [0.2, 0.25) is 10.0 Å². The summed E-state index contributed by atoms with van der Waals surface area (Å²) in [6.07, 6.45) is -4.91. The standard InChI is InChI=1S/C22H17Cl2F3N2O4S/c1-12-9-15(19(28-11-12)20(30)14-5-3-4-6-17(14)23)21(33-2)29-34(31,32)13-7-8-18(24)16(10-13)22(25,26)27/h3-11,21,29H,1-2H3. The molecule has 0 radical (unpaired) electrons. The second kappa shape index (κ2) is 10.0. The fraction of sp³-hybridized carbons (Fsp3) is 0.182. The lowest BCUT2D eigenvalue weighted by Gasteiger charge is -2.21. The van der Waals surface area contributed by atoms with Crippen LogP contribution in [0.4, 0.5) is 13.2 Å². The predicted octanol–water partition coefficient (Wildman–Crippen LogP) is 5.57. The van der Waals surface area contributed by atoms with E-state index in [2.05, 4.69) is 9.71 Å². The van der Waals surface area contributed by atoms with Crippen molar-refractivity contribution in [2.24, 2.45) is 0 Å². The van der Waals surface area contributed by atoms with Crippen molar-refractivity contribution in [2.45, 2.75) is 24.2 Å². The fourth-order valence-corrected chi connectivity index (χ4v) is 4.70. The Hall–Kier alpha value is -2.50. The van der Waals surface area contributed by atoms with Crippen molar-refractivity contribution in [3.63, 3.8) is 0 Å². The minimum Gasteiger partial charge on any atom is -0.361 e. The Balaban J connectivity index is 2.05. The highest BCUT2D eigenvalue weighted by Crippen LogP contribution is 2.36. The van der Waals surface area contributed by atoms with Crippen molar-refractivity contribution in [3.05, 3.63) is 92.7 Å². The molecule has 0 fully saturated rings. The van der Waals surface area contributed by atoms with Crippen LogP contribution in [0.5, 0.6) is 0 Å². The first-order valence-corrected chi connectivity index (χ1v) is 11.8. The Kier molecular flexibility index (Phi) is 7.69. The normalized spacial score (nSPS) is 13.0. The number of ketones is 1. The third kappa shape index (κ3) is 5.59. The molecule has 0 aliphatic carbocycles. The van der Waals surface area contributed by atoms with Crippen molar-refractivity contribution in [2.75, 3.05) is 7.11 Å². The van der Waals surface area contributed by atoms with Crippen LogP contribution in [-0.4, -0.2) is 26.3 Å². The number of ether oxygens (including phenoxy) is 1. The zero-order chi connectivity index (χ0) is 25.3. The number of hydrogen-bond acceptors (Lipinski definition) is 5. The van der Waals surface area contributed by atoms with Crippen LogP contribution in [0, 0.1) is 6.92 Å². The molecule has 1 atom stereocenters. The summed E-state index contributed by atoms with van der Waals surface area (Å²) < 4.78 is 72.9. The fourth-order valence-electron chi connectivity index (χ4n) is 3.09. The molecule has 1 aromatic heterocycles. The van der Waals surface area contributed by atoms with Gasteiger partial charge >= 0.3 is 6.18 Å². The molecule has 34 heavy (non-hydrogen) atoms. The first kappa shape index (κ1) is 26.1. The van der Waals surface area contributed by atoms with Gasteiger partial charge in [0, 0.05) is 24.4 Å². The second-order valence-electron chi connectivity index (χ2n) is 7.14. The van der Waals surface area contributed by atoms with Gasteiger partial charge in [0.2, 0.25) is 15.8 Å². The van der Waals surface area contributed by atoms with E-state index in [4.69, 9.17) is 27.9 Å². The van der Waals surface area contributed by atoms with Gasteiger partial charge in [-0.2, -0.15) is 17.9 Å². The number of rotatable bonds is 7. The molecule has 0 amide bonds. The van der Waals surface area contributed by atoms with Gasteiger partial charge in [-0.15, -0.1) is 0 Å². The van der Waals surface area contributed by atoms with Gasteiger partial charge in [-0.25, -0.2) is 8.42 Å². The van der Waals surface area contributed by atoms with Gasteiger partial charge in [-0.05, 0) is 48.9 Å². The molecule has 0 spiro atoms. The summed E-state index contributed by atoms with van der Waals surface area (Å²) in [7, 11) is -3.38. The minimum atomic E-state index is -4.86. The Morgan fingerprint density at radius 3 is 2.38 bits per heavy atom. The Labute approximate surface area is 203 Å². The van der Waals surface area contributed by atoms with Crippen molar-refractivity contribution in [3.8, 4) is 0 Å². The Morgan fingerprint density at radius 1 is 1.09 bits per heavy atom. The highest BCUT2D eigenvalue weighted by molar-refractivity contribution is 7.89. The molecule has 1 N–H and O–H groups in total. The number of sulfonamides is 1. The summed E-state index contributed by atoms with van der Waals surface area (Å²) in [4.78, 5) is 16.6. The van der Waals surface area contributed by atoms with Crippen LogP contribution in [-0.2, 0) is 20.9 Å². The molecule has 3 aromatic rings. The highest BCUT2D eigenvalue weighted by atomic mass is 35.5. The number of carbonyl (C=O) groups excluding carboxylic acids is 1. The van der Waals surface area contributed by atoms with Crippen LogP contribution in [0.1, 0.15) is 39.0 Å². The monoisotopic (exact) mass is 532 g/mol. The molecule has 0 bridgehead atoms. The number of methoxy groups -OCH3 is 1. The highest BCUT2D eigenvalue weighted by Gasteiger charge is 2.35. The lowest BCUT2D eigenvalue weighted by atomic mass is 10.0. The van der Waals surface area contributed by atoms with Gasteiger partial charge in [0.05, 0.1) is 20.5 Å². The maximum absolute atomic E-state index is 13.2. The molecule has 12 heteroatoms. The third-order valence-electron chi connectivity index (χ3n) is 4.72. The molecule has 2 aromatic carbocycles. The Bertz CT molecular complexity index is 1350. The lowest BCUT2D eigenvalue weighted by molar-refractivity contribution is -0.137. The van der Waals surface area contributed by atoms with Crippen LogP contribution in [0.15, 0.2) is 59.6 Å². The lowest BCUT2D eigenvalue weighted by Crippen LogP contribution is -2.31. The maximum atomic E-state index is 13.2. The van der Waals surface area contributed by atoms with Gasteiger partial charge in [-0.3, -0.25) is 9.78 Å². The summed E-state index contributed by atoms with van der Waals surface area (Å²) >= 11 is 11.7. The SMILES string of the molecule is COC(NS(=O)(=O)c1ccc(Cl)c(C(F)(F)F)c1)c1cc(C)cnc1C(=O)c1ccccc1Cl. The molecule has 0 aliphatic heterocycles. The molecule has 1 unspecified atom stereocenters. The average molecular weight is 533 g/mol. The number of hydrogen-bond donors (Lipinski definition) is 1. The van der Waals surface area contributed by atoms with E-state index in [0.29, 0.717) is 11.6 Å². The van der Waals surface area contributed by atoms with Gasteiger partial charge < -0.3 is 4.74 Å². The summed E-state index contributed by atoms with van der Waals surface area (Å²) in [5.74, 6) is -0.590. The van der Waals surface area contributed by atoms with E-state index in [1.54, 1.807) is 19.1 Å². The maximum Gasteiger partial charge on any atom is 0.417 e.